The minimum absolute atomic E-state index is 0.0555. The molecule has 2 aromatic rings. The summed E-state index contributed by atoms with van der Waals surface area (Å²) < 4.78 is 1.18. The third-order valence-electron chi connectivity index (χ3n) is 3.15. The van der Waals surface area contributed by atoms with E-state index >= 15 is 0 Å². The third-order valence-corrected chi connectivity index (χ3v) is 4.25. The van der Waals surface area contributed by atoms with Gasteiger partial charge in [0.05, 0.1) is 21.8 Å². The number of amides is 2. The van der Waals surface area contributed by atoms with Gasteiger partial charge in [-0.1, -0.05) is 19.1 Å². The summed E-state index contributed by atoms with van der Waals surface area (Å²) in [5.74, 6) is -0.228. The second-order valence-electron chi connectivity index (χ2n) is 5.06. The highest BCUT2D eigenvalue weighted by Gasteiger charge is 2.07. The Bertz CT molecular complexity index is 606. The molecule has 2 amide bonds. The van der Waals surface area contributed by atoms with Crippen molar-refractivity contribution in [1.82, 2.24) is 15.6 Å². The zero-order valence-corrected chi connectivity index (χ0v) is 13.5. The monoisotopic (exact) mass is 319 g/mol. The van der Waals surface area contributed by atoms with Crippen molar-refractivity contribution in [2.45, 2.75) is 32.6 Å². The molecule has 0 fully saturated rings. The van der Waals surface area contributed by atoms with E-state index in [0.29, 0.717) is 13.0 Å². The minimum Gasteiger partial charge on any atom is -0.355 e. The summed E-state index contributed by atoms with van der Waals surface area (Å²) in [4.78, 5) is 27.6. The molecule has 22 heavy (non-hydrogen) atoms. The lowest BCUT2D eigenvalue weighted by Crippen LogP contribution is -2.37. The molecule has 118 valence electrons. The fraction of sp³-hybridized carbons (Fsp3) is 0.438. The first kappa shape index (κ1) is 16.4. The topological polar surface area (TPSA) is 71.1 Å². The van der Waals surface area contributed by atoms with Crippen LogP contribution in [0.3, 0.4) is 0 Å². The zero-order chi connectivity index (χ0) is 15.8. The molecule has 0 aliphatic carbocycles. The number of benzene rings is 1. The summed E-state index contributed by atoms with van der Waals surface area (Å²) in [6.45, 7) is 2.69. The second kappa shape index (κ2) is 8.48. The zero-order valence-electron chi connectivity index (χ0n) is 12.7. The first-order chi connectivity index (χ1) is 10.7. The summed E-state index contributed by atoms with van der Waals surface area (Å²) in [5, 5.41) is 6.41. The lowest BCUT2D eigenvalue weighted by molar-refractivity contribution is -0.126. The van der Waals surface area contributed by atoms with E-state index in [2.05, 4.69) is 21.7 Å². The molecule has 1 heterocycles. The SMILES string of the molecule is CCCNC(=O)CNC(=O)CCCc1nc2ccccc2s1. The quantitative estimate of drug-likeness (QED) is 0.784. The number of nitrogens with one attached hydrogen (secondary N) is 2. The first-order valence-electron chi connectivity index (χ1n) is 7.57. The normalized spacial score (nSPS) is 10.6. The summed E-state index contributed by atoms with van der Waals surface area (Å²) in [6, 6.07) is 8.03. The van der Waals surface area contributed by atoms with Gasteiger partial charge in [-0.05, 0) is 31.4 Å². The minimum atomic E-state index is -0.138. The molecule has 0 aliphatic heterocycles. The van der Waals surface area contributed by atoms with E-state index < -0.39 is 0 Å². The molecule has 1 aromatic heterocycles. The molecule has 0 spiro atoms. The van der Waals surface area contributed by atoms with Gasteiger partial charge < -0.3 is 10.6 Å². The van der Waals surface area contributed by atoms with Crippen LogP contribution < -0.4 is 10.6 Å². The smallest absolute Gasteiger partial charge is 0.239 e. The van der Waals surface area contributed by atoms with Crippen LogP contribution in [0, 0.1) is 0 Å². The molecule has 6 heteroatoms. The number of hydrogen-bond donors (Lipinski definition) is 2. The summed E-state index contributed by atoms with van der Waals surface area (Å²) in [6.07, 6.45) is 2.83. The van der Waals surface area contributed by atoms with E-state index in [1.54, 1.807) is 11.3 Å². The number of fused-ring (bicyclic) bond motifs is 1. The Balaban J connectivity index is 1.67. The maximum atomic E-state index is 11.7. The standard InChI is InChI=1S/C16H21N3O2S/c1-2-10-17-15(21)11-18-14(20)8-5-9-16-19-12-6-3-4-7-13(12)22-16/h3-4,6-7H,2,5,8-11H2,1H3,(H,17,21)(H,18,20). The van der Waals surface area contributed by atoms with Gasteiger partial charge in [0.1, 0.15) is 0 Å². The van der Waals surface area contributed by atoms with Crippen LogP contribution in [0.5, 0.6) is 0 Å². The van der Waals surface area contributed by atoms with E-state index in [0.717, 1.165) is 29.8 Å². The van der Waals surface area contributed by atoms with Crippen LogP contribution in [0.15, 0.2) is 24.3 Å². The predicted molar refractivity (Wildman–Crippen MR) is 88.9 cm³/mol. The summed E-state index contributed by atoms with van der Waals surface area (Å²) >= 11 is 1.67. The van der Waals surface area contributed by atoms with Crippen LogP contribution >= 0.6 is 11.3 Å². The van der Waals surface area contributed by atoms with Gasteiger partial charge in [-0.2, -0.15) is 0 Å². The number of carbonyl (C=O) groups is 2. The molecule has 5 nitrogen and oxygen atoms in total. The van der Waals surface area contributed by atoms with Crippen molar-refractivity contribution in [3.05, 3.63) is 29.3 Å². The molecular weight excluding hydrogens is 298 g/mol. The van der Waals surface area contributed by atoms with Gasteiger partial charge in [0, 0.05) is 13.0 Å². The highest BCUT2D eigenvalue weighted by molar-refractivity contribution is 7.18. The summed E-state index contributed by atoms with van der Waals surface area (Å²) in [7, 11) is 0. The van der Waals surface area contributed by atoms with E-state index in [4.69, 9.17) is 0 Å². The fourth-order valence-corrected chi connectivity index (χ4v) is 3.03. The van der Waals surface area contributed by atoms with Crippen LogP contribution in [0.4, 0.5) is 0 Å². The van der Waals surface area contributed by atoms with Crippen LogP contribution in [0.1, 0.15) is 31.2 Å². The number of nitrogens with zero attached hydrogens (tertiary/aromatic N) is 1. The molecule has 0 atom stereocenters. The molecule has 0 saturated carbocycles. The first-order valence-corrected chi connectivity index (χ1v) is 8.38. The molecule has 2 rings (SSSR count). The number of thiazole rings is 1. The number of carbonyl (C=O) groups excluding carboxylic acids is 2. The molecule has 0 radical (unpaired) electrons. The van der Waals surface area contributed by atoms with Gasteiger partial charge in [0.25, 0.3) is 0 Å². The van der Waals surface area contributed by atoms with Crippen molar-refractivity contribution in [3.8, 4) is 0 Å². The largest absolute Gasteiger partial charge is 0.355 e. The van der Waals surface area contributed by atoms with E-state index in [-0.39, 0.29) is 18.4 Å². The van der Waals surface area contributed by atoms with Gasteiger partial charge in [0.2, 0.25) is 11.8 Å². The predicted octanol–water partition coefficient (Wildman–Crippen LogP) is 2.26. The maximum absolute atomic E-state index is 11.7. The Morgan fingerprint density at radius 3 is 2.77 bits per heavy atom. The van der Waals surface area contributed by atoms with Gasteiger partial charge in [-0.3, -0.25) is 9.59 Å². The number of para-hydroxylation sites is 1. The highest BCUT2D eigenvalue weighted by atomic mass is 32.1. The number of aryl methyl sites for hydroxylation is 1. The van der Waals surface area contributed by atoms with Gasteiger partial charge >= 0.3 is 0 Å². The van der Waals surface area contributed by atoms with Crippen molar-refractivity contribution < 1.29 is 9.59 Å². The van der Waals surface area contributed by atoms with Crippen LogP contribution in [0.2, 0.25) is 0 Å². The number of aromatic nitrogens is 1. The van der Waals surface area contributed by atoms with Crippen molar-refractivity contribution in [3.63, 3.8) is 0 Å². The van der Waals surface area contributed by atoms with Crippen LogP contribution in [0.25, 0.3) is 10.2 Å². The van der Waals surface area contributed by atoms with Gasteiger partial charge in [0.15, 0.2) is 0 Å². The van der Waals surface area contributed by atoms with E-state index in [1.165, 1.54) is 4.70 Å². The Labute approximate surface area is 134 Å². The lowest BCUT2D eigenvalue weighted by atomic mass is 10.2. The van der Waals surface area contributed by atoms with Gasteiger partial charge in [-0.25, -0.2) is 4.98 Å². The molecule has 2 N–H and O–H groups in total. The maximum Gasteiger partial charge on any atom is 0.239 e. The molecule has 0 saturated heterocycles. The fourth-order valence-electron chi connectivity index (χ4n) is 2.02. The van der Waals surface area contributed by atoms with E-state index in [1.807, 2.05) is 25.1 Å². The van der Waals surface area contributed by atoms with Crippen LogP contribution in [-0.4, -0.2) is 29.9 Å². The van der Waals surface area contributed by atoms with E-state index in [9.17, 15) is 9.59 Å². The highest BCUT2D eigenvalue weighted by Crippen LogP contribution is 2.22. The Hall–Kier alpha value is -1.95. The Morgan fingerprint density at radius 2 is 2.00 bits per heavy atom. The molecular formula is C16H21N3O2S. The molecule has 0 bridgehead atoms. The Kier molecular flexibility index (Phi) is 6.33. The summed E-state index contributed by atoms with van der Waals surface area (Å²) in [5.41, 5.74) is 1.01. The molecule has 0 aliphatic rings. The van der Waals surface area contributed by atoms with Crippen molar-refractivity contribution in [2.75, 3.05) is 13.1 Å². The van der Waals surface area contributed by atoms with Gasteiger partial charge in [-0.15, -0.1) is 11.3 Å². The third kappa shape index (κ3) is 5.11. The Morgan fingerprint density at radius 1 is 1.18 bits per heavy atom. The molecule has 0 unspecified atom stereocenters. The van der Waals surface area contributed by atoms with Crippen molar-refractivity contribution in [1.29, 1.82) is 0 Å². The van der Waals surface area contributed by atoms with Crippen molar-refractivity contribution >= 4 is 33.4 Å². The number of hydrogen-bond acceptors (Lipinski definition) is 4. The second-order valence-corrected chi connectivity index (χ2v) is 6.17. The van der Waals surface area contributed by atoms with Crippen molar-refractivity contribution in [2.24, 2.45) is 0 Å². The molecule has 1 aromatic carbocycles. The number of rotatable bonds is 8. The average molecular weight is 319 g/mol. The lowest BCUT2D eigenvalue weighted by Gasteiger charge is -2.05. The van der Waals surface area contributed by atoms with Crippen LogP contribution in [-0.2, 0) is 16.0 Å². The average Bonchev–Trinajstić information content (AvgIpc) is 2.93.